The Morgan fingerprint density at radius 1 is 1.42 bits per heavy atom. The summed E-state index contributed by atoms with van der Waals surface area (Å²) in [5, 5.41) is 3.82. The highest BCUT2D eigenvalue weighted by Gasteiger charge is 2.21. The summed E-state index contributed by atoms with van der Waals surface area (Å²) >= 11 is 1.39. The van der Waals surface area contributed by atoms with Crippen LogP contribution in [-0.4, -0.2) is 49.3 Å². The van der Waals surface area contributed by atoms with Gasteiger partial charge in [0.25, 0.3) is 0 Å². The maximum absolute atomic E-state index is 12.3. The van der Waals surface area contributed by atoms with Crippen LogP contribution in [0.2, 0.25) is 0 Å². The first-order chi connectivity index (χ1) is 11.6. The zero-order valence-electron chi connectivity index (χ0n) is 13.7. The number of hydrogen-bond acceptors (Lipinski definition) is 5. The molecule has 24 heavy (non-hydrogen) atoms. The summed E-state index contributed by atoms with van der Waals surface area (Å²) in [6, 6.07) is 7.28. The molecule has 2 heterocycles. The fraction of sp³-hybridized carbons (Fsp3) is 0.412. The smallest absolute Gasteiger partial charge is 0.348 e. The number of esters is 1. The Kier molecular flexibility index (Phi) is 5.01. The first-order valence-electron chi connectivity index (χ1n) is 7.95. The summed E-state index contributed by atoms with van der Waals surface area (Å²) in [5.41, 5.74) is 0.708. The lowest BCUT2D eigenvalue weighted by molar-refractivity contribution is -0.00138. The van der Waals surface area contributed by atoms with Crippen molar-refractivity contribution in [2.75, 3.05) is 31.6 Å². The van der Waals surface area contributed by atoms with Crippen molar-refractivity contribution in [3.05, 3.63) is 29.1 Å². The molecule has 1 aliphatic heterocycles. The maximum atomic E-state index is 12.3. The highest BCUT2D eigenvalue weighted by molar-refractivity contribution is 7.20. The van der Waals surface area contributed by atoms with Gasteiger partial charge in [-0.3, -0.25) is 0 Å². The molecule has 0 bridgehead atoms. The average molecular weight is 348 g/mol. The lowest BCUT2D eigenvalue weighted by Gasteiger charge is -2.31. The second-order valence-corrected chi connectivity index (χ2v) is 6.73. The fourth-order valence-electron chi connectivity index (χ4n) is 2.63. The molecule has 1 saturated heterocycles. The molecule has 1 N–H and O–H groups in total. The molecule has 1 atom stereocenters. The normalized spacial score (nSPS) is 17.8. The molecular weight excluding hydrogens is 328 g/mol. The molecule has 0 aliphatic carbocycles. The summed E-state index contributed by atoms with van der Waals surface area (Å²) < 4.78 is 11.5. The first-order valence-corrected chi connectivity index (χ1v) is 8.76. The highest BCUT2D eigenvalue weighted by atomic mass is 32.1. The number of thiophene rings is 1. The van der Waals surface area contributed by atoms with Gasteiger partial charge < -0.3 is 19.7 Å². The van der Waals surface area contributed by atoms with Crippen LogP contribution in [0.1, 0.15) is 23.5 Å². The number of ether oxygens (including phenoxy) is 2. The quantitative estimate of drug-likeness (QED) is 0.864. The number of hydrogen-bond donors (Lipinski definition) is 1. The molecule has 0 saturated carbocycles. The predicted molar refractivity (Wildman–Crippen MR) is 93.8 cm³/mol. The van der Waals surface area contributed by atoms with Gasteiger partial charge in [0.05, 0.1) is 19.3 Å². The van der Waals surface area contributed by atoms with Gasteiger partial charge in [0.2, 0.25) is 0 Å². The molecule has 2 amide bonds. The largest absolute Gasteiger partial charge is 0.462 e. The number of carbonyl (C=O) groups is 2. The van der Waals surface area contributed by atoms with E-state index in [0.717, 1.165) is 10.1 Å². The van der Waals surface area contributed by atoms with Crippen LogP contribution in [0.3, 0.4) is 0 Å². The van der Waals surface area contributed by atoms with Crippen molar-refractivity contribution < 1.29 is 19.1 Å². The second-order valence-electron chi connectivity index (χ2n) is 5.64. The van der Waals surface area contributed by atoms with Crippen molar-refractivity contribution in [3.8, 4) is 0 Å². The lowest BCUT2D eigenvalue weighted by atomic mass is 10.2. The maximum Gasteiger partial charge on any atom is 0.348 e. The molecule has 1 fully saturated rings. The minimum atomic E-state index is -0.313. The van der Waals surface area contributed by atoms with Gasteiger partial charge in [0.15, 0.2) is 0 Å². The molecule has 7 heteroatoms. The molecule has 1 aromatic heterocycles. The average Bonchev–Trinajstić information content (AvgIpc) is 2.98. The van der Waals surface area contributed by atoms with Crippen LogP contribution < -0.4 is 5.32 Å². The van der Waals surface area contributed by atoms with Crippen LogP contribution in [0.4, 0.5) is 10.5 Å². The minimum Gasteiger partial charge on any atom is -0.462 e. The number of morpholine rings is 1. The molecule has 1 aromatic carbocycles. The second kappa shape index (κ2) is 7.19. The Hall–Kier alpha value is -2.12. The molecule has 128 valence electrons. The SMILES string of the molecule is CCOC(=O)c1cc2cc(NC(=O)N3CCO[C@@H](C)C3)ccc2s1. The number of rotatable bonds is 3. The number of carbonyl (C=O) groups excluding carboxylic acids is 2. The topological polar surface area (TPSA) is 67.9 Å². The molecular formula is C17H20N2O4S. The molecule has 1 aliphatic rings. The van der Waals surface area contributed by atoms with E-state index in [9.17, 15) is 9.59 Å². The Balaban J connectivity index is 1.73. The standard InChI is InChI=1S/C17H20N2O4S/c1-3-22-16(20)15-9-12-8-13(4-5-14(12)24-15)18-17(21)19-6-7-23-11(2)10-19/h4-5,8-9,11H,3,6-7,10H2,1-2H3,(H,18,21)/t11-/m0/s1. The third-order valence-corrected chi connectivity index (χ3v) is 4.87. The van der Waals surface area contributed by atoms with Gasteiger partial charge >= 0.3 is 12.0 Å². The number of urea groups is 1. The van der Waals surface area contributed by atoms with Crippen LogP contribution >= 0.6 is 11.3 Å². The van der Waals surface area contributed by atoms with E-state index in [1.165, 1.54) is 11.3 Å². The van der Waals surface area contributed by atoms with Gasteiger partial charge in [-0.25, -0.2) is 9.59 Å². The molecule has 2 aromatic rings. The zero-order valence-corrected chi connectivity index (χ0v) is 14.5. The third kappa shape index (κ3) is 3.68. The fourth-order valence-corrected chi connectivity index (χ4v) is 3.57. The monoisotopic (exact) mass is 348 g/mol. The van der Waals surface area contributed by atoms with E-state index in [1.807, 2.05) is 25.1 Å². The number of benzene rings is 1. The van der Waals surface area contributed by atoms with Crippen molar-refractivity contribution in [2.24, 2.45) is 0 Å². The van der Waals surface area contributed by atoms with E-state index >= 15 is 0 Å². The number of amides is 2. The van der Waals surface area contributed by atoms with E-state index in [4.69, 9.17) is 9.47 Å². The minimum absolute atomic E-state index is 0.0518. The van der Waals surface area contributed by atoms with Crippen LogP contribution in [-0.2, 0) is 9.47 Å². The van der Waals surface area contributed by atoms with Crippen LogP contribution in [0, 0.1) is 0 Å². The van der Waals surface area contributed by atoms with Crippen molar-refractivity contribution in [3.63, 3.8) is 0 Å². The van der Waals surface area contributed by atoms with Gasteiger partial charge in [-0.1, -0.05) is 0 Å². The first kappa shape index (κ1) is 16.7. The van der Waals surface area contributed by atoms with Gasteiger partial charge in [-0.2, -0.15) is 0 Å². The van der Waals surface area contributed by atoms with E-state index in [0.29, 0.717) is 36.9 Å². The van der Waals surface area contributed by atoms with Crippen molar-refractivity contribution in [1.82, 2.24) is 4.90 Å². The van der Waals surface area contributed by atoms with E-state index in [-0.39, 0.29) is 18.1 Å². The molecule has 0 unspecified atom stereocenters. The van der Waals surface area contributed by atoms with Gasteiger partial charge in [0, 0.05) is 23.5 Å². The van der Waals surface area contributed by atoms with Gasteiger partial charge in [-0.05, 0) is 43.5 Å². The number of anilines is 1. The summed E-state index contributed by atoms with van der Waals surface area (Å²) in [6.45, 7) is 5.82. The highest BCUT2D eigenvalue weighted by Crippen LogP contribution is 2.28. The van der Waals surface area contributed by atoms with E-state index < -0.39 is 0 Å². The van der Waals surface area contributed by atoms with E-state index in [1.54, 1.807) is 17.9 Å². The summed E-state index contributed by atoms with van der Waals surface area (Å²) in [5.74, 6) is -0.313. The number of nitrogens with one attached hydrogen (secondary N) is 1. The van der Waals surface area contributed by atoms with Gasteiger partial charge in [-0.15, -0.1) is 11.3 Å². The molecule has 0 radical (unpaired) electrons. The Bertz CT molecular complexity index is 758. The summed E-state index contributed by atoms with van der Waals surface area (Å²) in [6.07, 6.45) is 0.0518. The summed E-state index contributed by atoms with van der Waals surface area (Å²) in [4.78, 5) is 26.5. The Morgan fingerprint density at radius 3 is 3.00 bits per heavy atom. The number of fused-ring (bicyclic) bond motifs is 1. The van der Waals surface area contributed by atoms with Crippen molar-refractivity contribution in [1.29, 1.82) is 0 Å². The zero-order chi connectivity index (χ0) is 17.1. The van der Waals surface area contributed by atoms with Crippen LogP contribution in [0.15, 0.2) is 24.3 Å². The van der Waals surface area contributed by atoms with E-state index in [2.05, 4.69) is 5.32 Å². The van der Waals surface area contributed by atoms with Gasteiger partial charge in [0.1, 0.15) is 4.88 Å². The molecule has 3 rings (SSSR count). The Labute approximate surface area is 144 Å². The molecule has 0 spiro atoms. The predicted octanol–water partition coefficient (Wildman–Crippen LogP) is 3.33. The van der Waals surface area contributed by atoms with Crippen LogP contribution in [0.25, 0.3) is 10.1 Å². The summed E-state index contributed by atoms with van der Waals surface area (Å²) in [7, 11) is 0. The molecule has 6 nitrogen and oxygen atoms in total. The lowest BCUT2D eigenvalue weighted by Crippen LogP contribution is -2.46. The third-order valence-electron chi connectivity index (χ3n) is 3.77. The van der Waals surface area contributed by atoms with Crippen molar-refractivity contribution >= 4 is 39.1 Å². The van der Waals surface area contributed by atoms with Crippen LogP contribution in [0.5, 0.6) is 0 Å². The van der Waals surface area contributed by atoms with Crippen molar-refractivity contribution in [2.45, 2.75) is 20.0 Å². The Morgan fingerprint density at radius 2 is 2.25 bits per heavy atom. The number of nitrogens with zero attached hydrogens (tertiary/aromatic N) is 1.